The van der Waals surface area contributed by atoms with Crippen LogP contribution in [0.3, 0.4) is 0 Å². The zero-order valence-corrected chi connectivity index (χ0v) is 24.1. The van der Waals surface area contributed by atoms with Crippen molar-refractivity contribution in [3.8, 4) is 0 Å². The van der Waals surface area contributed by atoms with Crippen LogP contribution in [-0.2, 0) is 52.6 Å². The van der Waals surface area contributed by atoms with E-state index in [1.165, 1.54) is 24.1 Å². The summed E-state index contributed by atoms with van der Waals surface area (Å²) < 4.78 is 57.5. The predicted molar refractivity (Wildman–Crippen MR) is 133 cm³/mol. The zero-order valence-electron chi connectivity index (χ0n) is 22.3. The molecule has 0 fully saturated rings. The van der Waals surface area contributed by atoms with E-state index in [2.05, 4.69) is 15.0 Å². The van der Waals surface area contributed by atoms with Crippen LogP contribution in [0, 0.1) is 10.8 Å². The Hall–Kier alpha value is -2.67. The Labute approximate surface area is 221 Å². The summed E-state index contributed by atoms with van der Waals surface area (Å²) in [6.07, 6.45) is 1.48. The lowest BCUT2D eigenvalue weighted by atomic mass is 9.98. The Balaban J connectivity index is 2.07. The van der Waals surface area contributed by atoms with Crippen LogP contribution in [0.15, 0.2) is 12.7 Å². The molecule has 0 aliphatic carbocycles. The number of nitrogens with two attached hydrogens (primary N) is 1. The van der Waals surface area contributed by atoms with Crippen molar-refractivity contribution in [2.24, 2.45) is 10.8 Å². The van der Waals surface area contributed by atoms with Gasteiger partial charge in [-0.05, 0) is 50.7 Å². The number of esters is 2. The molecule has 0 aliphatic rings. The maximum atomic E-state index is 12.4. The summed E-state index contributed by atoms with van der Waals surface area (Å²) in [4.78, 5) is 35.8. The van der Waals surface area contributed by atoms with Crippen LogP contribution in [-0.4, -0.2) is 57.7 Å². The molecule has 0 aromatic carbocycles. The number of aromatic nitrogens is 4. The molecule has 2 rings (SSSR count). The maximum Gasteiger partial charge on any atom is 0.540 e. The highest BCUT2D eigenvalue weighted by molar-refractivity contribution is 7.39. The van der Waals surface area contributed by atoms with Gasteiger partial charge in [-0.3, -0.25) is 23.6 Å². The fourth-order valence-electron chi connectivity index (χ4n) is 2.46. The molecule has 2 unspecified atom stereocenters. The van der Waals surface area contributed by atoms with Crippen LogP contribution in [0.5, 0.6) is 0 Å². The largest absolute Gasteiger partial charge is 0.540 e. The second-order valence-corrected chi connectivity index (χ2v) is 12.4. The summed E-state index contributed by atoms with van der Waals surface area (Å²) in [5.74, 6) is -2.74. The number of anilines is 1. The molecule has 210 valence electrons. The monoisotopic (exact) mass is 577 g/mol. The van der Waals surface area contributed by atoms with Crippen LogP contribution in [0.4, 0.5) is 5.82 Å². The second kappa shape index (κ2) is 12.9. The molecule has 2 N–H and O–H groups in total. The van der Waals surface area contributed by atoms with E-state index in [4.69, 9.17) is 33.7 Å². The first-order valence-corrected chi connectivity index (χ1v) is 14.0. The first-order chi connectivity index (χ1) is 17.5. The minimum absolute atomic E-state index is 0.0984. The number of hydrogen-bond acceptors (Lipinski definition) is 14. The lowest BCUT2D eigenvalue weighted by molar-refractivity contribution is -0.264. The van der Waals surface area contributed by atoms with Gasteiger partial charge in [-0.15, -0.1) is 9.05 Å². The molecule has 15 nitrogen and oxygen atoms in total. The van der Waals surface area contributed by atoms with Gasteiger partial charge in [0.2, 0.25) is 13.6 Å². The Morgan fingerprint density at radius 1 is 0.842 bits per heavy atom. The van der Waals surface area contributed by atoms with E-state index in [1.54, 1.807) is 41.5 Å². The summed E-state index contributed by atoms with van der Waals surface area (Å²) >= 11 is 0. The normalized spacial score (nSPS) is 14.6. The lowest BCUT2D eigenvalue weighted by Gasteiger charge is -2.27. The molecule has 0 spiro atoms. The summed E-state index contributed by atoms with van der Waals surface area (Å²) in [5, 5.41) is 0. The minimum atomic E-state index is -2.47. The van der Waals surface area contributed by atoms with Gasteiger partial charge in [0.1, 0.15) is 18.2 Å². The topological polar surface area (TPSA) is 193 Å². The van der Waals surface area contributed by atoms with Crippen LogP contribution in [0.25, 0.3) is 11.2 Å². The molecule has 2 atom stereocenters. The van der Waals surface area contributed by atoms with Gasteiger partial charge in [0.15, 0.2) is 11.5 Å². The number of ether oxygens (including phenoxy) is 4. The smallest absolute Gasteiger partial charge is 0.433 e. The van der Waals surface area contributed by atoms with Crippen molar-refractivity contribution < 1.29 is 46.7 Å². The Kier molecular flexibility index (Phi) is 10.7. The number of hydrogen-bond donors (Lipinski definition) is 1. The predicted octanol–water partition coefficient (Wildman–Crippen LogP) is 3.60. The molecule has 2 heterocycles. The first-order valence-electron chi connectivity index (χ1n) is 11.3. The highest BCUT2D eigenvalue weighted by atomic mass is 31.1. The Morgan fingerprint density at radius 2 is 1.32 bits per heavy atom. The molecule has 0 bridgehead atoms. The third-order valence-electron chi connectivity index (χ3n) is 4.67. The van der Waals surface area contributed by atoms with Crippen LogP contribution < -0.4 is 5.73 Å². The van der Waals surface area contributed by atoms with Crippen molar-refractivity contribution in [3.63, 3.8) is 0 Å². The van der Waals surface area contributed by atoms with Gasteiger partial charge in [0.25, 0.3) is 18.6 Å². The van der Waals surface area contributed by atoms with Crippen LogP contribution >= 0.6 is 16.1 Å². The van der Waals surface area contributed by atoms with Gasteiger partial charge in [-0.1, -0.05) is 0 Å². The van der Waals surface area contributed by atoms with Gasteiger partial charge in [0, 0.05) is 6.92 Å². The minimum Gasteiger partial charge on any atom is -0.433 e. The van der Waals surface area contributed by atoms with E-state index in [0.29, 0.717) is 0 Å². The van der Waals surface area contributed by atoms with Crippen molar-refractivity contribution in [3.05, 3.63) is 12.7 Å². The molecular weight excluding hydrogens is 544 g/mol. The maximum absolute atomic E-state index is 12.4. The molecule has 0 amide bonds. The fourth-order valence-corrected chi connectivity index (χ4v) is 3.64. The molecular formula is C21H33N5O10P2+2. The van der Waals surface area contributed by atoms with Crippen molar-refractivity contribution in [2.75, 3.05) is 32.0 Å². The lowest BCUT2D eigenvalue weighted by Crippen LogP contribution is -2.36. The molecule has 2 aromatic heterocycles. The van der Waals surface area contributed by atoms with E-state index in [1.807, 2.05) is 0 Å². The standard InChI is InChI=1S/C21H33N5O10P2/c1-19(2,3)17(27)31-10-35-37(29)12-33-21(7,26-9-25-14-15(22)23-8-24-16(14)26)34-13-38(30)36-11-32-18(28)20(4,5)6/h8-9H,10-13H2,1-7H3,(H2,22,23,24)/q+2. The van der Waals surface area contributed by atoms with E-state index < -0.39 is 71.0 Å². The summed E-state index contributed by atoms with van der Waals surface area (Å²) in [7, 11) is -4.95. The van der Waals surface area contributed by atoms with E-state index >= 15 is 0 Å². The SMILES string of the molecule is CC(C)(C)C(=O)OCO[P+](=O)COC(C)(OC[P+](=O)OCOC(=O)C(C)(C)C)n1cnc2c(N)ncnc21. The Morgan fingerprint density at radius 3 is 1.76 bits per heavy atom. The second-order valence-electron chi connectivity index (χ2n) is 10.0. The van der Waals surface area contributed by atoms with Gasteiger partial charge < -0.3 is 15.2 Å². The average molecular weight is 577 g/mol. The highest BCUT2D eigenvalue weighted by Crippen LogP contribution is 2.34. The van der Waals surface area contributed by atoms with Gasteiger partial charge in [-0.25, -0.2) is 15.0 Å². The number of imidazole rings is 1. The molecule has 0 aliphatic heterocycles. The van der Waals surface area contributed by atoms with Crippen LogP contribution in [0.1, 0.15) is 48.5 Å². The van der Waals surface area contributed by atoms with Crippen molar-refractivity contribution in [2.45, 2.75) is 54.4 Å². The number of nitrogen functional groups attached to an aromatic ring is 1. The van der Waals surface area contributed by atoms with Crippen molar-refractivity contribution in [1.29, 1.82) is 0 Å². The number of carbonyl (C=O) groups excluding carboxylic acids is 2. The summed E-state index contributed by atoms with van der Waals surface area (Å²) in [5.41, 5.74) is 4.80. The summed E-state index contributed by atoms with van der Waals surface area (Å²) in [6.45, 7) is 10.3. The Bertz CT molecular complexity index is 1130. The molecule has 0 radical (unpaired) electrons. The van der Waals surface area contributed by atoms with Gasteiger partial charge in [0.05, 0.1) is 10.8 Å². The number of carbonyl (C=O) groups is 2. The molecule has 2 aromatic rings. The fraction of sp³-hybridized carbons (Fsp3) is 0.667. The van der Waals surface area contributed by atoms with Crippen molar-refractivity contribution in [1.82, 2.24) is 19.5 Å². The molecule has 0 saturated heterocycles. The quantitative estimate of drug-likeness (QED) is 0.206. The molecule has 17 heteroatoms. The van der Waals surface area contributed by atoms with Gasteiger partial charge >= 0.3 is 28.0 Å². The molecule has 38 heavy (non-hydrogen) atoms. The summed E-state index contributed by atoms with van der Waals surface area (Å²) in [6, 6.07) is 0. The number of nitrogens with zero attached hydrogens (tertiary/aromatic N) is 4. The van der Waals surface area contributed by atoms with E-state index in [9.17, 15) is 18.7 Å². The van der Waals surface area contributed by atoms with Crippen LogP contribution in [0.2, 0.25) is 0 Å². The number of rotatable bonds is 13. The first kappa shape index (κ1) is 31.5. The zero-order chi connectivity index (χ0) is 28.7. The number of fused-ring (bicyclic) bond motifs is 1. The van der Waals surface area contributed by atoms with Crippen molar-refractivity contribution >= 4 is 45.0 Å². The molecule has 0 saturated carbocycles. The van der Waals surface area contributed by atoms with E-state index in [0.717, 1.165) is 0 Å². The third-order valence-corrected chi connectivity index (χ3v) is 6.14. The highest BCUT2D eigenvalue weighted by Gasteiger charge is 2.39. The average Bonchev–Trinajstić information content (AvgIpc) is 3.26. The van der Waals surface area contributed by atoms with Gasteiger partial charge in [-0.2, -0.15) is 0 Å². The van der Waals surface area contributed by atoms with E-state index in [-0.39, 0.29) is 17.0 Å². The third kappa shape index (κ3) is 8.97.